The van der Waals surface area contributed by atoms with Gasteiger partial charge < -0.3 is 4.90 Å². The van der Waals surface area contributed by atoms with E-state index >= 15 is 0 Å². The van der Waals surface area contributed by atoms with Crippen LogP contribution >= 0.6 is 0 Å². The molecule has 1 aromatic heterocycles. The second kappa shape index (κ2) is 6.51. The topological polar surface area (TPSA) is 29.0 Å². The van der Waals surface area contributed by atoms with Crippen molar-refractivity contribution in [3.05, 3.63) is 41.7 Å². The van der Waals surface area contributed by atoms with E-state index in [1.165, 1.54) is 16.7 Å². The smallest absolute Gasteiger partial charge is 0.135 e. The Morgan fingerprint density at radius 3 is 2.15 bits per heavy atom. The van der Waals surface area contributed by atoms with E-state index in [9.17, 15) is 0 Å². The first kappa shape index (κ1) is 14.5. The van der Waals surface area contributed by atoms with Gasteiger partial charge in [0.15, 0.2) is 0 Å². The average molecular weight is 269 g/mol. The van der Waals surface area contributed by atoms with Crippen molar-refractivity contribution in [2.75, 3.05) is 18.0 Å². The average Bonchev–Trinajstić information content (AvgIpc) is 2.49. The van der Waals surface area contributed by atoms with Crippen LogP contribution in [0, 0.1) is 6.92 Å². The van der Waals surface area contributed by atoms with Gasteiger partial charge in [0.1, 0.15) is 12.1 Å². The Bertz CT molecular complexity index is 557. The lowest BCUT2D eigenvalue weighted by molar-refractivity contribution is 0.828. The van der Waals surface area contributed by atoms with Gasteiger partial charge in [0.05, 0.1) is 5.69 Å². The lowest BCUT2D eigenvalue weighted by Crippen LogP contribution is -2.24. The molecule has 0 radical (unpaired) electrons. The molecular formula is C17H23N3. The third-order valence-electron chi connectivity index (χ3n) is 3.66. The van der Waals surface area contributed by atoms with E-state index in [0.29, 0.717) is 0 Å². The molecule has 1 heterocycles. The van der Waals surface area contributed by atoms with Crippen molar-refractivity contribution >= 4 is 5.82 Å². The fourth-order valence-electron chi connectivity index (χ4n) is 2.48. The van der Waals surface area contributed by atoms with E-state index in [1.807, 2.05) is 0 Å². The van der Waals surface area contributed by atoms with Crippen LogP contribution in [0.3, 0.4) is 0 Å². The molecule has 0 unspecified atom stereocenters. The number of aryl methyl sites for hydroxylation is 1. The summed E-state index contributed by atoms with van der Waals surface area (Å²) in [5.41, 5.74) is 4.73. The molecule has 0 aliphatic carbocycles. The molecule has 0 bridgehead atoms. The van der Waals surface area contributed by atoms with E-state index < -0.39 is 0 Å². The maximum absolute atomic E-state index is 4.52. The van der Waals surface area contributed by atoms with Crippen molar-refractivity contribution in [2.45, 2.75) is 34.1 Å². The predicted molar refractivity (Wildman–Crippen MR) is 85.1 cm³/mol. The first-order valence-corrected chi connectivity index (χ1v) is 7.37. The Morgan fingerprint density at radius 1 is 0.950 bits per heavy atom. The second-order valence-corrected chi connectivity index (χ2v) is 4.92. The van der Waals surface area contributed by atoms with Crippen LogP contribution in [0.2, 0.25) is 0 Å². The summed E-state index contributed by atoms with van der Waals surface area (Å²) in [6.45, 7) is 10.5. The number of hydrogen-bond acceptors (Lipinski definition) is 3. The van der Waals surface area contributed by atoms with Gasteiger partial charge in [-0.2, -0.15) is 0 Å². The molecule has 2 rings (SSSR count). The highest BCUT2D eigenvalue weighted by atomic mass is 15.2. The Balaban J connectivity index is 2.53. The highest BCUT2D eigenvalue weighted by Gasteiger charge is 2.14. The molecule has 1 aromatic carbocycles. The molecule has 0 amide bonds. The van der Waals surface area contributed by atoms with Crippen LogP contribution in [0.1, 0.15) is 31.9 Å². The summed E-state index contributed by atoms with van der Waals surface area (Å²) in [5, 5.41) is 0. The molecule has 0 spiro atoms. The summed E-state index contributed by atoms with van der Waals surface area (Å²) in [5.74, 6) is 1.07. The minimum Gasteiger partial charge on any atom is -0.357 e. The lowest BCUT2D eigenvalue weighted by Gasteiger charge is -2.23. The maximum Gasteiger partial charge on any atom is 0.135 e. The van der Waals surface area contributed by atoms with Gasteiger partial charge in [0.2, 0.25) is 0 Å². The number of aromatic nitrogens is 2. The molecule has 3 heteroatoms. The summed E-state index contributed by atoms with van der Waals surface area (Å²) in [6.07, 6.45) is 2.62. The lowest BCUT2D eigenvalue weighted by atomic mass is 10.0. The van der Waals surface area contributed by atoms with Gasteiger partial charge >= 0.3 is 0 Å². The molecule has 0 N–H and O–H groups in total. The Hall–Kier alpha value is -1.90. The fourth-order valence-corrected chi connectivity index (χ4v) is 2.48. The molecule has 0 aliphatic rings. The first-order chi connectivity index (χ1) is 9.71. The summed E-state index contributed by atoms with van der Waals surface area (Å²) >= 11 is 0. The third kappa shape index (κ3) is 2.82. The number of benzene rings is 1. The van der Waals surface area contributed by atoms with Gasteiger partial charge in [0, 0.05) is 24.2 Å². The molecule has 20 heavy (non-hydrogen) atoms. The third-order valence-corrected chi connectivity index (χ3v) is 3.66. The normalized spacial score (nSPS) is 10.6. The minimum absolute atomic E-state index is 0.940. The van der Waals surface area contributed by atoms with Crippen molar-refractivity contribution in [2.24, 2.45) is 0 Å². The molecule has 2 aromatic rings. The largest absolute Gasteiger partial charge is 0.357 e. The van der Waals surface area contributed by atoms with Gasteiger partial charge in [-0.1, -0.05) is 36.8 Å². The highest BCUT2D eigenvalue weighted by molar-refractivity contribution is 5.69. The van der Waals surface area contributed by atoms with Crippen LogP contribution in [0.15, 0.2) is 30.6 Å². The van der Waals surface area contributed by atoms with Crippen LogP contribution in [-0.4, -0.2) is 23.1 Å². The first-order valence-electron chi connectivity index (χ1n) is 7.37. The number of hydrogen-bond donors (Lipinski definition) is 0. The van der Waals surface area contributed by atoms with Crippen LogP contribution in [0.4, 0.5) is 5.82 Å². The molecule has 3 nitrogen and oxygen atoms in total. The number of nitrogens with zero attached hydrogens (tertiary/aromatic N) is 3. The van der Waals surface area contributed by atoms with Crippen molar-refractivity contribution in [1.29, 1.82) is 0 Å². The molecule has 0 saturated heterocycles. The van der Waals surface area contributed by atoms with Crippen LogP contribution in [-0.2, 0) is 6.42 Å². The summed E-state index contributed by atoms with van der Waals surface area (Å²) in [6, 6.07) is 8.55. The zero-order valence-corrected chi connectivity index (χ0v) is 12.8. The highest BCUT2D eigenvalue weighted by Crippen LogP contribution is 2.28. The van der Waals surface area contributed by atoms with E-state index in [1.54, 1.807) is 6.33 Å². The van der Waals surface area contributed by atoms with E-state index in [-0.39, 0.29) is 0 Å². The van der Waals surface area contributed by atoms with Gasteiger partial charge in [-0.15, -0.1) is 0 Å². The Labute approximate surface area is 121 Å². The fraction of sp³-hybridized carbons (Fsp3) is 0.412. The van der Waals surface area contributed by atoms with Crippen molar-refractivity contribution in [1.82, 2.24) is 9.97 Å². The van der Waals surface area contributed by atoms with Crippen LogP contribution in [0.25, 0.3) is 11.3 Å². The van der Waals surface area contributed by atoms with E-state index in [0.717, 1.165) is 31.0 Å². The molecule has 0 saturated carbocycles. The molecule has 0 aliphatic heterocycles. The standard InChI is InChI=1S/C17H23N3/c1-5-15-16(14-10-8-13(4)9-11-14)18-12-19-17(15)20(6-2)7-3/h8-12H,5-7H2,1-4H3. The van der Waals surface area contributed by atoms with Crippen molar-refractivity contribution < 1.29 is 0 Å². The molecular weight excluding hydrogens is 246 g/mol. The summed E-state index contributed by atoms with van der Waals surface area (Å²) < 4.78 is 0. The van der Waals surface area contributed by atoms with E-state index in [4.69, 9.17) is 0 Å². The SMILES string of the molecule is CCc1c(-c2ccc(C)cc2)ncnc1N(CC)CC. The summed E-state index contributed by atoms with van der Waals surface area (Å²) in [4.78, 5) is 11.3. The minimum atomic E-state index is 0.940. The van der Waals surface area contributed by atoms with Gasteiger partial charge in [-0.3, -0.25) is 0 Å². The zero-order chi connectivity index (χ0) is 14.5. The Kier molecular flexibility index (Phi) is 4.72. The van der Waals surface area contributed by atoms with Crippen LogP contribution in [0.5, 0.6) is 0 Å². The molecule has 0 atom stereocenters. The van der Waals surface area contributed by atoms with Crippen LogP contribution < -0.4 is 4.90 Å². The Morgan fingerprint density at radius 2 is 1.60 bits per heavy atom. The van der Waals surface area contributed by atoms with E-state index in [2.05, 4.69) is 66.8 Å². The number of rotatable bonds is 5. The molecule has 0 fully saturated rings. The maximum atomic E-state index is 4.52. The predicted octanol–water partition coefficient (Wildman–Crippen LogP) is 3.86. The zero-order valence-electron chi connectivity index (χ0n) is 12.8. The second-order valence-electron chi connectivity index (χ2n) is 4.92. The van der Waals surface area contributed by atoms with Crippen molar-refractivity contribution in [3.8, 4) is 11.3 Å². The van der Waals surface area contributed by atoms with Crippen molar-refractivity contribution in [3.63, 3.8) is 0 Å². The quantitative estimate of drug-likeness (QED) is 0.825. The summed E-state index contributed by atoms with van der Waals surface area (Å²) in [7, 11) is 0. The molecule has 106 valence electrons. The van der Waals surface area contributed by atoms with Gasteiger partial charge in [-0.25, -0.2) is 9.97 Å². The van der Waals surface area contributed by atoms with Gasteiger partial charge in [-0.05, 0) is 27.2 Å². The number of anilines is 1. The monoisotopic (exact) mass is 269 g/mol. The van der Waals surface area contributed by atoms with Gasteiger partial charge in [0.25, 0.3) is 0 Å².